The number of nitrogens with two attached hydrogens (primary N) is 1. The predicted octanol–water partition coefficient (Wildman–Crippen LogP) is 3.45. The molecule has 0 radical (unpaired) electrons. The SMILES string of the molecule is Nn1cnc2c(sc3nc(-c4cccnc4)cc(-c4ccccc4)c32)c1=O. The lowest BCUT2D eigenvalue weighted by Crippen LogP contribution is -2.26. The van der Waals surface area contributed by atoms with E-state index >= 15 is 0 Å². The van der Waals surface area contributed by atoms with Gasteiger partial charge in [0.1, 0.15) is 15.9 Å². The van der Waals surface area contributed by atoms with E-state index in [0.29, 0.717) is 10.2 Å². The number of nitrogens with zero attached hydrogens (tertiary/aromatic N) is 4. The highest BCUT2D eigenvalue weighted by atomic mass is 32.1. The van der Waals surface area contributed by atoms with E-state index in [1.165, 1.54) is 17.7 Å². The lowest BCUT2D eigenvalue weighted by atomic mass is 10.0. The van der Waals surface area contributed by atoms with Crippen LogP contribution in [-0.4, -0.2) is 19.6 Å². The van der Waals surface area contributed by atoms with Crippen molar-refractivity contribution >= 4 is 31.8 Å². The largest absolute Gasteiger partial charge is 0.335 e. The molecular formula is C20H13N5OS. The Morgan fingerprint density at radius 3 is 2.63 bits per heavy atom. The van der Waals surface area contributed by atoms with Gasteiger partial charge in [-0.05, 0) is 29.3 Å². The number of aromatic nitrogens is 4. The van der Waals surface area contributed by atoms with Gasteiger partial charge in [0, 0.05) is 23.3 Å². The lowest BCUT2D eigenvalue weighted by molar-refractivity contribution is 0.917. The van der Waals surface area contributed by atoms with Crippen LogP contribution in [0.25, 0.3) is 42.8 Å². The third-order valence-electron chi connectivity index (χ3n) is 4.42. The number of hydrogen-bond acceptors (Lipinski definition) is 6. The van der Waals surface area contributed by atoms with E-state index < -0.39 is 0 Å². The smallest absolute Gasteiger partial charge is 0.289 e. The summed E-state index contributed by atoms with van der Waals surface area (Å²) >= 11 is 1.31. The fourth-order valence-corrected chi connectivity index (χ4v) is 4.24. The third-order valence-corrected chi connectivity index (χ3v) is 5.48. The summed E-state index contributed by atoms with van der Waals surface area (Å²) in [6, 6.07) is 15.9. The summed E-state index contributed by atoms with van der Waals surface area (Å²) in [7, 11) is 0. The molecular weight excluding hydrogens is 358 g/mol. The Labute approximate surface area is 157 Å². The van der Waals surface area contributed by atoms with Gasteiger partial charge in [-0.3, -0.25) is 9.78 Å². The second kappa shape index (κ2) is 6.00. The zero-order valence-corrected chi connectivity index (χ0v) is 14.9. The molecule has 5 aromatic rings. The molecule has 0 saturated heterocycles. The fourth-order valence-electron chi connectivity index (χ4n) is 3.15. The van der Waals surface area contributed by atoms with Gasteiger partial charge in [-0.15, -0.1) is 11.3 Å². The Balaban J connectivity index is 1.94. The molecule has 6 nitrogen and oxygen atoms in total. The van der Waals surface area contributed by atoms with Gasteiger partial charge >= 0.3 is 0 Å². The maximum Gasteiger partial charge on any atom is 0.289 e. The quantitative estimate of drug-likeness (QED) is 0.480. The van der Waals surface area contributed by atoms with Crippen LogP contribution in [0.5, 0.6) is 0 Å². The molecule has 0 amide bonds. The molecule has 0 aliphatic rings. The molecule has 5 rings (SSSR count). The molecule has 130 valence electrons. The van der Waals surface area contributed by atoms with Crippen molar-refractivity contribution in [3.05, 3.63) is 77.6 Å². The number of rotatable bonds is 2. The van der Waals surface area contributed by atoms with E-state index in [1.54, 1.807) is 12.4 Å². The van der Waals surface area contributed by atoms with E-state index in [0.717, 1.165) is 37.3 Å². The van der Waals surface area contributed by atoms with Crippen molar-refractivity contribution in [3.8, 4) is 22.4 Å². The van der Waals surface area contributed by atoms with Gasteiger partial charge in [0.15, 0.2) is 0 Å². The molecule has 27 heavy (non-hydrogen) atoms. The van der Waals surface area contributed by atoms with Gasteiger partial charge in [-0.2, -0.15) is 0 Å². The Hall–Kier alpha value is -3.58. The first kappa shape index (κ1) is 15.7. The standard InChI is InChI=1S/C20H13N5OS/c21-25-11-23-17-16-14(12-5-2-1-3-6-12)9-15(13-7-4-8-22-10-13)24-19(16)27-18(17)20(25)26/h1-11H,21H2. The highest BCUT2D eigenvalue weighted by molar-refractivity contribution is 7.25. The number of hydrogen-bond donors (Lipinski definition) is 1. The van der Waals surface area contributed by atoms with Crippen LogP contribution in [0.15, 0.2) is 72.0 Å². The molecule has 0 unspecified atom stereocenters. The molecule has 0 spiro atoms. The highest BCUT2D eigenvalue weighted by Gasteiger charge is 2.18. The first-order valence-corrected chi connectivity index (χ1v) is 9.10. The number of benzene rings is 1. The van der Waals surface area contributed by atoms with Crippen molar-refractivity contribution in [2.75, 3.05) is 5.84 Å². The molecule has 0 bridgehead atoms. The lowest BCUT2D eigenvalue weighted by Gasteiger charge is -2.08. The van der Waals surface area contributed by atoms with Crippen molar-refractivity contribution in [2.45, 2.75) is 0 Å². The van der Waals surface area contributed by atoms with Gasteiger partial charge in [0.25, 0.3) is 5.56 Å². The molecule has 0 saturated carbocycles. The molecule has 4 aromatic heterocycles. The van der Waals surface area contributed by atoms with Crippen LogP contribution in [0.3, 0.4) is 0 Å². The normalized spacial score (nSPS) is 11.3. The third kappa shape index (κ3) is 2.48. The minimum Gasteiger partial charge on any atom is -0.335 e. The van der Waals surface area contributed by atoms with Crippen LogP contribution in [0.4, 0.5) is 0 Å². The van der Waals surface area contributed by atoms with Crippen LogP contribution in [-0.2, 0) is 0 Å². The summed E-state index contributed by atoms with van der Waals surface area (Å²) < 4.78 is 1.50. The monoisotopic (exact) mass is 371 g/mol. The zero-order chi connectivity index (χ0) is 18.4. The average molecular weight is 371 g/mol. The number of nitrogen functional groups attached to an aromatic ring is 1. The number of pyridine rings is 2. The molecule has 0 aliphatic carbocycles. The highest BCUT2D eigenvalue weighted by Crippen LogP contribution is 2.38. The fraction of sp³-hybridized carbons (Fsp3) is 0. The maximum atomic E-state index is 12.5. The van der Waals surface area contributed by atoms with Gasteiger partial charge in [-0.1, -0.05) is 30.3 Å². The molecule has 0 atom stereocenters. The summed E-state index contributed by atoms with van der Waals surface area (Å²) in [6.45, 7) is 0. The molecule has 0 aliphatic heterocycles. The summed E-state index contributed by atoms with van der Waals surface area (Å²) in [5.41, 5.74) is 4.09. The van der Waals surface area contributed by atoms with Crippen molar-refractivity contribution in [3.63, 3.8) is 0 Å². The Morgan fingerprint density at radius 1 is 1.04 bits per heavy atom. The van der Waals surface area contributed by atoms with E-state index in [9.17, 15) is 4.79 Å². The number of fused-ring (bicyclic) bond motifs is 3. The molecule has 2 N–H and O–H groups in total. The summed E-state index contributed by atoms with van der Waals surface area (Å²) in [4.78, 5) is 26.6. The Bertz CT molecular complexity index is 1340. The van der Waals surface area contributed by atoms with Gasteiger partial charge in [0.05, 0.1) is 11.2 Å². The minimum atomic E-state index is -0.273. The average Bonchev–Trinajstić information content (AvgIpc) is 3.11. The molecule has 1 aromatic carbocycles. The van der Waals surface area contributed by atoms with Crippen LogP contribution in [0.1, 0.15) is 0 Å². The van der Waals surface area contributed by atoms with Crippen molar-refractivity contribution < 1.29 is 0 Å². The van der Waals surface area contributed by atoms with Gasteiger partial charge in [-0.25, -0.2) is 14.6 Å². The predicted molar refractivity (Wildman–Crippen MR) is 108 cm³/mol. The second-order valence-corrected chi connectivity index (χ2v) is 7.08. The van der Waals surface area contributed by atoms with E-state index in [4.69, 9.17) is 10.8 Å². The topological polar surface area (TPSA) is 86.7 Å². The van der Waals surface area contributed by atoms with Crippen LogP contribution in [0.2, 0.25) is 0 Å². The zero-order valence-electron chi connectivity index (χ0n) is 14.0. The Kier molecular flexibility index (Phi) is 3.48. The summed E-state index contributed by atoms with van der Waals surface area (Å²) in [5.74, 6) is 5.70. The van der Waals surface area contributed by atoms with Crippen molar-refractivity contribution in [1.82, 2.24) is 19.6 Å². The van der Waals surface area contributed by atoms with Crippen molar-refractivity contribution in [2.24, 2.45) is 0 Å². The second-order valence-electron chi connectivity index (χ2n) is 6.08. The number of thiophene rings is 1. The summed E-state index contributed by atoms with van der Waals surface area (Å²) in [5, 5.41) is 0.867. The molecule has 4 heterocycles. The van der Waals surface area contributed by atoms with Crippen LogP contribution >= 0.6 is 11.3 Å². The molecule has 0 fully saturated rings. The summed E-state index contributed by atoms with van der Waals surface area (Å²) in [6.07, 6.45) is 4.86. The van der Waals surface area contributed by atoms with Crippen LogP contribution in [0, 0.1) is 0 Å². The van der Waals surface area contributed by atoms with Crippen LogP contribution < -0.4 is 11.4 Å². The molecule has 7 heteroatoms. The Morgan fingerprint density at radius 2 is 1.85 bits per heavy atom. The minimum absolute atomic E-state index is 0.273. The first-order valence-electron chi connectivity index (χ1n) is 8.28. The first-order chi connectivity index (χ1) is 13.2. The maximum absolute atomic E-state index is 12.5. The van der Waals surface area contributed by atoms with E-state index in [1.807, 2.05) is 48.5 Å². The van der Waals surface area contributed by atoms with Crippen molar-refractivity contribution in [1.29, 1.82) is 0 Å². The van der Waals surface area contributed by atoms with E-state index in [-0.39, 0.29) is 5.56 Å². The van der Waals surface area contributed by atoms with Gasteiger partial charge < -0.3 is 5.84 Å². The van der Waals surface area contributed by atoms with Gasteiger partial charge in [0.2, 0.25) is 0 Å². The van der Waals surface area contributed by atoms with E-state index in [2.05, 4.69) is 9.97 Å².